The highest BCUT2D eigenvalue weighted by molar-refractivity contribution is 6.16. The SMILES string of the molecule is CC(C)(C)c1ccc(NC(=O)C2(C(=O)Nc3cccc(F)c3)CC2)cc1. The summed E-state index contributed by atoms with van der Waals surface area (Å²) in [5.41, 5.74) is 1.14. The summed E-state index contributed by atoms with van der Waals surface area (Å²) in [5, 5.41) is 5.47. The molecule has 0 heterocycles. The predicted octanol–water partition coefficient (Wildman–Crippen LogP) is 4.48. The molecular formula is C21H23FN2O2. The lowest BCUT2D eigenvalue weighted by molar-refractivity contribution is -0.131. The Morgan fingerprint density at radius 2 is 1.50 bits per heavy atom. The predicted molar refractivity (Wildman–Crippen MR) is 100 cm³/mol. The number of carbonyl (C=O) groups is 2. The molecule has 2 aromatic rings. The second-order valence-corrected chi connectivity index (χ2v) is 7.83. The summed E-state index contributed by atoms with van der Waals surface area (Å²) in [6, 6.07) is 13.3. The number of nitrogens with one attached hydrogen (secondary N) is 2. The highest BCUT2D eigenvalue weighted by atomic mass is 19.1. The zero-order valence-electron chi connectivity index (χ0n) is 15.2. The molecule has 4 nitrogen and oxygen atoms in total. The number of carbonyl (C=O) groups excluding carboxylic acids is 2. The van der Waals surface area contributed by atoms with Gasteiger partial charge in [0, 0.05) is 11.4 Å². The van der Waals surface area contributed by atoms with Crippen LogP contribution in [0.4, 0.5) is 15.8 Å². The molecule has 0 unspecified atom stereocenters. The van der Waals surface area contributed by atoms with Crippen molar-refractivity contribution in [3.05, 3.63) is 59.9 Å². The molecule has 136 valence electrons. The quantitative estimate of drug-likeness (QED) is 0.795. The molecule has 0 saturated heterocycles. The second-order valence-electron chi connectivity index (χ2n) is 7.83. The minimum Gasteiger partial charge on any atom is -0.325 e. The highest BCUT2D eigenvalue weighted by Gasteiger charge is 2.56. The summed E-state index contributed by atoms with van der Waals surface area (Å²) in [5.74, 6) is -1.15. The van der Waals surface area contributed by atoms with Gasteiger partial charge in [-0.1, -0.05) is 39.0 Å². The van der Waals surface area contributed by atoms with Gasteiger partial charge in [-0.25, -0.2) is 4.39 Å². The van der Waals surface area contributed by atoms with Crippen LogP contribution in [0, 0.1) is 11.2 Å². The van der Waals surface area contributed by atoms with Crippen LogP contribution in [0.1, 0.15) is 39.2 Å². The van der Waals surface area contributed by atoms with Crippen molar-refractivity contribution in [2.75, 3.05) is 10.6 Å². The average molecular weight is 354 g/mol. The lowest BCUT2D eigenvalue weighted by Gasteiger charge is -2.20. The van der Waals surface area contributed by atoms with Gasteiger partial charge in [-0.15, -0.1) is 0 Å². The summed E-state index contributed by atoms with van der Waals surface area (Å²) >= 11 is 0. The molecule has 0 spiro atoms. The van der Waals surface area contributed by atoms with Gasteiger partial charge in [0.15, 0.2) is 0 Å². The summed E-state index contributed by atoms with van der Waals surface area (Å²) < 4.78 is 13.3. The third kappa shape index (κ3) is 3.77. The van der Waals surface area contributed by atoms with Crippen molar-refractivity contribution in [3.63, 3.8) is 0 Å². The third-order valence-corrected chi connectivity index (χ3v) is 4.71. The number of amides is 2. The van der Waals surface area contributed by atoms with E-state index in [0.29, 0.717) is 24.2 Å². The van der Waals surface area contributed by atoms with Crippen LogP contribution in [0.25, 0.3) is 0 Å². The number of hydrogen-bond donors (Lipinski definition) is 2. The number of hydrogen-bond acceptors (Lipinski definition) is 2. The zero-order valence-corrected chi connectivity index (χ0v) is 15.2. The van der Waals surface area contributed by atoms with E-state index in [-0.39, 0.29) is 11.3 Å². The Morgan fingerprint density at radius 3 is 2.00 bits per heavy atom. The monoisotopic (exact) mass is 354 g/mol. The Hall–Kier alpha value is -2.69. The molecule has 0 bridgehead atoms. The van der Waals surface area contributed by atoms with Crippen LogP contribution >= 0.6 is 0 Å². The average Bonchev–Trinajstić information content (AvgIpc) is 3.36. The van der Waals surface area contributed by atoms with E-state index >= 15 is 0 Å². The van der Waals surface area contributed by atoms with Crippen molar-refractivity contribution in [3.8, 4) is 0 Å². The first-order valence-electron chi connectivity index (χ1n) is 8.70. The van der Waals surface area contributed by atoms with Crippen LogP contribution in [0.5, 0.6) is 0 Å². The molecule has 2 amide bonds. The van der Waals surface area contributed by atoms with E-state index < -0.39 is 17.1 Å². The molecule has 1 fully saturated rings. The van der Waals surface area contributed by atoms with E-state index in [1.54, 1.807) is 6.07 Å². The summed E-state index contributed by atoms with van der Waals surface area (Å²) in [6.45, 7) is 6.36. The molecule has 2 N–H and O–H groups in total. The maximum absolute atomic E-state index is 13.3. The Morgan fingerprint density at radius 1 is 0.923 bits per heavy atom. The van der Waals surface area contributed by atoms with Crippen LogP contribution < -0.4 is 10.6 Å². The third-order valence-electron chi connectivity index (χ3n) is 4.71. The van der Waals surface area contributed by atoms with Crippen LogP contribution in [-0.4, -0.2) is 11.8 Å². The van der Waals surface area contributed by atoms with E-state index in [4.69, 9.17) is 0 Å². The molecule has 1 aliphatic rings. The van der Waals surface area contributed by atoms with Crippen molar-refractivity contribution in [2.45, 2.75) is 39.0 Å². The smallest absolute Gasteiger partial charge is 0.240 e. The van der Waals surface area contributed by atoms with Crippen LogP contribution in [0.3, 0.4) is 0 Å². The van der Waals surface area contributed by atoms with E-state index in [0.717, 1.165) is 0 Å². The first-order valence-corrected chi connectivity index (χ1v) is 8.70. The molecule has 2 aromatic carbocycles. The first-order chi connectivity index (χ1) is 12.2. The van der Waals surface area contributed by atoms with Gasteiger partial charge in [0.2, 0.25) is 11.8 Å². The molecule has 1 aliphatic carbocycles. The fourth-order valence-electron chi connectivity index (χ4n) is 2.80. The second kappa shape index (κ2) is 6.56. The van der Waals surface area contributed by atoms with Crippen molar-refractivity contribution in [1.29, 1.82) is 0 Å². The van der Waals surface area contributed by atoms with Gasteiger partial charge in [-0.2, -0.15) is 0 Å². The molecule has 0 aliphatic heterocycles. The number of rotatable bonds is 4. The van der Waals surface area contributed by atoms with E-state index in [1.807, 2.05) is 24.3 Å². The van der Waals surface area contributed by atoms with E-state index in [9.17, 15) is 14.0 Å². The van der Waals surface area contributed by atoms with Gasteiger partial charge in [-0.3, -0.25) is 9.59 Å². The largest absolute Gasteiger partial charge is 0.325 e. The Labute approximate surface area is 152 Å². The van der Waals surface area contributed by atoms with Gasteiger partial charge in [0.25, 0.3) is 0 Å². The normalized spacial score (nSPS) is 15.2. The lowest BCUT2D eigenvalue weighted by Crippen LogP contribution is -2.35. The van der Waals surface area contributed by atoms with Crippen molar-refractivity contribution in [2.24, 2.45) is 5.41 Å². The topological polar surface area (TPSA) is 58.2 Å². The number of benzene rings is 2. The van der Waals surface area contributed by atoms with Gasteiger partial charge in [0.05, 0.1) is 0 Å². The van der Waals surface area contributed by atoms with Crippen LogP contribution in [-0.2, 0) is 15.0 Å². The standard InChI is InChI=1S/C21H23FN2O2/c1-20(2,3)14-7-9-16(10-8-14)23-18(25)21(11-12-21)19(26)24-17-6-4-5-15(22)13-17/h4-10,13H,11-12H2,1-3H3,(H,23,25)(H,24,26). The summed E-state index contributed by atoms with van der Waals surface area (Å²) in [6.07, 6.45) is 0.972. The van der Waals surface area contributed by atoms with Gasteiger partial charge in [0.1, 0.15) is 11.2 Å². The van der Waals surface area contributed by atoms with E-state index in [1.165, 1.54) is 23.8 Å². The molecule has 0 atom stereocenters. The fraction of sp³-hybridized carbons (Fsp3) is 0.333. The van der Waals surface area contributed by atoms with E-state index in [2.05, 4.69) is 31.4 Å². The highest BCUT2D eigenvalue weighted by Crippen LogP contribution is 2.47. The minimum atomic E-state index is -1.07. The maximum atomic E-state index is 13.3. The fourth-order valence-corrected chi connectivity index (χ4v) is 2.80. The van der Waals surface area contributed by atoms with Crippen molar-refractivity contribution < 1.29 is 14.0 Å². The first kappa shape index (κ1) is 18.1. The zero-order chi connectivity index (χ0) is 18.9. The number of halogens is 1. The molecule has 26 heavy (non-hydrogen) atoms. The van der Waals surface area contributed by atoms with Gasteiger partial charge in [-0.05, 0) is 54.2 Å². The van der Waals surface area contributed by atoms with Crippen molar-refractivity contribution >= 4 is 23.2 Å². The van der Waals surface area contributed by atoms with Crippen LogP contribution in [0.15, 0.2) is 48.5 Å². The molecule has 0 radical (unpaired) electrons. The molecule has 0 aromatic heterocycles. The van der Waals surface area contributed by atoms with Gasteiger partial charge >= 0.3 is 0 Å². The summed E-state index contributed by atoms with van der Waals surface area (Å²) in [4.78, 5) is 25.2. The minimum absolute atomic E-state index is 0.0328. The Kier molecular flexibility index (Phi) is 4.57. The maximum Gasteiger partial charge on any atom is 0.240 e. The number of anilines is 2. The lowest BCUT2D eigenvalue weighted by atomic mass is 9.87. The molecule has 3 rings (SSSR count). The molecular weight excluding hydrogens is 331 g/mol. The Bertz CT molecular complexity index is 834. The van der Waals surface area contributed by atoms with Gasteiger partial charge < -0.3 is 10.6 Å². The van der Waals surface area contributed by atoms with Crippen molar-refractivity contribution in [1.82, 2.24) is 0 Å². The molecule has 5 heteroatoms. The Balaban J connectivity index is 1.68. The molecule has 1 saturated carbocycles. The summed E-state index contributed by atoms with van der Waals surface area (Å²) in [7, 11) is 0. The van der Waals surface area contributed by atoms with Crippen LogP contribution in [0.2, 0.25) is 0 Å².